The van der Waals surface area contributed by atoms with Crippen molar-refractivity contribution in [3.63, 3.8) is 0 Å². The first-order valence-corrected chi connectivity index (χ1v) is 8.43. The minimum atomic E-state index is -0.203. The minimum absolute atomic E-state index is 0.0173. The third-order valence-electron chi connectivity index (χ3n) is 3.89. The summed E-state index contributed by atoms with van der Waals surface area (Å²) in [5, 5.41) is 2.79. The van der Waals surface area contributed by atoms with E-state index in [4.69, 9.17) is 4.74 Å². The van der Waals surface area contributed by atoms with Crippen LogP contribution in [0.1, 0.15) is 25.0 Å². The lowest BCUT2D eigenvalue weighted by molar-refractivity contribution is -0.135. The van der Waals surface area contributed by atoms with E-state index in [1.165, 1.54) is 5.56 Å². The molecule has 1 saturated heterocycles. The number of hydrogen-bond donors (Lipinski definition) is 1. The Kier molecular flexibility index (Phi) is 6.61. The summed E-state index contributed by atoms with van der Waals surface area (Å²) in [5.74, 6) is -0.0173. The van der Waals surface area contributed by atoms with Gasteiger partial charge >= 0.3 is 6.03 Å². The summed E-state index contributed by atoms with van der Waals surface area (Å²) in [4.78, 5) is 27.7. The third-order valence-corrected chi connectivity index (χ3v) is 3.89. The maximum absolute atomic E-state index is 12.3. The molecule has 0 aliphatic carbocycles. The molecular weight excluding hydrogens is 306 g/mol. The number of nitrogens with one attached hydrogen (secondary N) is 1. The van der Waals surface area contributed by atoms with E-state index in [1.807, 2.05) is 39.0 Å². The number of hydrogen-bond acceptors (Lipinski definition) is 3. The van der Waals surface area contributed by atoms with Crippen molar-refractivity contribution in [2.24, 2.45) is 0 Å². The fraction of sp³-hybridized carbons (Fsp3) is 0.556. The topological polar surface area (TPSA) is 61.9 Å². The van der Waals surface area contributed by atoms with Gasteiger partial charge in [0.25, 0.3) is 0 Å². The van der Waals surface area contributed by atoms with Gasteiger partial charge in [0.05, 0.1) is 12.7 Å². The summed E-state index contributed by atoms with van der Waals surface area (Å²) in [7, 11) is 0. The van der Waals surface area contributed by atoms with Crippen LogP contribution in [-0.4, -0.2) is 60.6 Å². The molecule has 1 aromatic carbocycles. The van der Waals surface area contributed by atoms with Crippen LogP contribution in [-0.2, 0) is 16.1 Å². The molecular formula is C18H27N3O3. The van der Waals surface area contributed by atoms with Gasteiger partial charge in [-0.05, 0) is 26.3 Å². The fourth-order valence-corrected chi connectivity index (χ4v) is 2.64. The molecule has 2 rings (SSSR count). The highest BCUT2D eigenvalue weighted by Gasteiger charge is 2.26. The smallest absolute Gasteiger partial charge is 0.318 e. The van der Waals surface area contributed by atoms with Crippen LogP contribution in [0, 0.1) is 6.92 Å². The van der Waals surface area contributed by atoms with Crippen LogP contribution in [0.5, 0.6) is 0 Å². The second-order valence-electron chi connectivity index (χ2n) is 6.38. The zero-order valence-electron chi connectivity index (χ0n) is 14.7. The number of carbonyl (C=O) groups excluding carboxylic acids is 2. The van der Waals surface area contributed by atoms with Crippen molar-refractivity contribution in [3.05, 3.63) is 35.4 Å². The zero-order valence-corrected chi connectivity index (χ0v) is 14.7. The summed E-state index contributed by atoms with van der Waals surface area (Å²) < 4.78 is 5.39. The van der Waals surface area contributed by atoms with Crippen molar-refractivity contribution in [2.45, 2.75) is 33.4 Å². The summed E-state index contributed by atoms with van der Waals surface area (Å²) in [6, 6.07) is 7.94. The van der Waals surface area contributed by atoms with Crippen molar-refractivity contribution >= 4 is 11.9 Å². The Bertz CT molecular complexity index is 574. The van der Waals surface area contributed by atoms with E-state index in [9.17, 15) is 9.59 Å². The molecule has 0 radical (unpaired) electrons. The second kappa shape index (κ2) is 8.68. The Morgan fingerprint density at radius 2 is 2.12 bits per heavy atom. The second-order valence-corrected chi connectivity index (χ2v) is 6.38. The maximum Gasteiger partial charge on any atom is 0.318 e. The van der Waals surface area contributed by atoms with Crippen LogP contribution >= 0.6 is 0 Å². The molecule has 1 aliphatic rings. The first kappa shape index (κ1) is 18.3. The Labute approximate surface area is 143 Å². The molecule has 6 heteroatoms. The number of benzene rings is 1. The van der Waals surface area contributed by atoms with Gasteiger partial charge in [-0.25, -0.2) is 4.79 Å². The normalized spacial score (nSPS) is 15.1. The van der Waals surface area contributed by atoms with E-state index in [1.54, 1.807) is 9.80 Å². The Morgan fingerprint density at radius 3 is 2.79 bits per heavy atom. The van der Waals surface area contributed by atoms with E-state index in [0.29, 0.717) is 32.8 Å². The summed E-state index contributed by atoms with van der Waals surface area (Å²) in [6.07, 6.45) is 0.147. The predicted octanol–water partition coefficient (Wildman–Crippen LogP) is 1.77. The average molecular weight is 333 g/mol. The Balaban J connectivity index is 1.77. The number of piperazine rings is 1. The number of nitrogens with zero attached hydrogens (tertiary/aromatic N) is 2. The van der Waals surface area contributed by atoms with Crippen molar-refractivity contribution in [1.82, 2.24) is 15.1 Å². The van der Waals surface area contributed by atoms with Crippen LogP contribution in [0.2, 0.25) is 0 Å². The lowest BCUT2D eigenvalue weighted by Crippen LogP contribution is -2.54. The summed E-state index contributed by atoms with van der Waals surface area (Å²) in [6.45, 7) is 8.70. The molecule has 1 heterocycles. The average Bonchev–Trinajstić information content (AvgIpc) is 2.53. The van der Waals surface area contributed by atoms with Gasteiger partial charge in [0.15, 0.2) is 0 Å². The van der Waals surface area contributed by atoms with Crippen molar-refractivity contribution in [3.8, 4) is 0 Å². The Morgan fingerprint density at radius 1 is 1.33 bits per heavy atom. The van der Waals surface area contributed by atoms with Crippen LogP contribution < -0.4 is 5.32 Å². The summed E-state index contributed by atoms with van der Waals surface area (Å²) in [5.41, 5.74) is 2.30. The van der Waals surface area contributed by atoms with Crippen molar-refractivity contribution in [2.75, 3.05) is 32.8 Å². The lowest BCUT2D eigenvalue weighted by Gasteiger charge is -2.34. The highest BCUT2D eigenvalue weighted by atomic mass is 16.5. The number of aryl methyl sites for hydroxylation is 1. The molecule has 0 atom stereocenters. The molecule has 24 heavy (non-hydrogen) atoms. The van der Waals surface area contributed by atoms with E-state index in [-0.39, 0.29) is 24.6 Å². The van der Waals surface area contributed by atoms with E-state index in [2.05, 4.69) is 11.4 Å². The standard InChI is InChI=1S/C18H27N3O3/c1-14(2)24-10-7-19-18(23)21-9-8-20(17(22)13-21)12-16-6-4-5-15(3)11-16/h4-6,11,14H,7-10,12-13H2,1-3H3,(H,19,23). The SMILES string of the molecule is Cc1cccc(CN2CCN(C(=O)NCCOC(C)C)CC2=O)c1. The first-order chi connectivity index (χ1) is 11.5. The van der Waals surface area contributed by atoms with Crippen LogP contribution in [0.3, 0.4) is 0 Å². The molecule has 3 amide bonds. The third kappa shape index (κ3) is 5.53. The molecule has 1 N–H and O–H groups in total. The molecule has 0 aromatic heterocycles. The number of ether oxygens (including phenoxy) is 1. The number of carbonyl (C=O) groups is 2. The van der Waals surface area contributed by atoms with Crippen molar-refractivity contribution < 1.29 is 14.3 Å². The van der Waals surface area contributed by atoms with Crippen LogP contribution in [0.4, 0.5) is 4.79 Å². The molecule has 0 bridgehead atoms. The predicted molar refractivity (Wildman–Crippen MR) is 92.7 cm³/mol. The van der Waals surface area contributed by atoms with Crippen molar-refractivity contribution in [1.29, 1.82) is 0 Å². The molecule has 0 saturated carbocycles. The van der Waals surface area contributed by atoms with Gasteiger partial charge in [0.1, 0.15) is 6.54 Å². The molecule has 0 unspecified atom stereocenters. The molecule has 132 valence electrons. The van der Waals surface area contributed by atoms with Crippen LogP contribution in [0.25, 0.3) is 0 Å². The monoisotopic (exact) mass is 333 g/mol. The van der Waals surface area contributed by atoms with Gasteiger partial charge in [0, 0.05) is 26.2 Å². The molecule has 6 nitrogen and oxygen atoms in total. The summed E-state index contributed by atoms with van der Waals surface area (Å²) >= 11 is 0. The number of urea groups is 1. The van der Waals surface area contributed by atoms with Gasteiger partial charge in [-0.1, -0.05) is 29.8 Å². The largest absolute Gasteiger partial charge is 0.377 e. The fourth-order valence-electron chi connectivity index (χ4n) is 2.64. The van der Waals surface area contributed by atoms with Crippen LogP contribution in [0.15, 0.2) is 24.3 Å². The van der Waals surface area contributed by atoms with Gasteiger partial charge in [0.2, 0.25) is 5.91 Å². The highest BCUT2D eigenvalue weighted by molar-refractivity contribution is 5.85. The lowest BCUT2D eigenvalue weighted by atomic mass is 10.1. The molecule has 1 aromatic rings. The molecule has 0 spiro atoms. The molecule has 1 aliphatic heterocycles. The highest BCUT2D eigenvalue weighted by Crippen LogP contribution is 2.11. The number of rotatable bonds is 6. The van der Waals surface area contributed by atoms with Gasteiger partial charge in [-0.3, -0.25) is 4.79 Å². The van der Waals surface area contributed by atoms with Gasteiger partial charge in [-0.2, -0.15) is 0 Å². The quantitative estimate of drug-likeness (QED) is 0.807. The Hall–Kier alpha value is -2.08. The van der Waals surface area contributed by atoms with E-state index < -0.39 is 0 Å². The zero-order chi connectivity index (χ0) is 17.5. The van der Waals surface area contributed by atoms with E-state index in [0.717, 1.165) is 5.56 Å². The maximum atomic E-state index is 12.3. The molecule has 1 fully saturated rings. The van der Waals surface area contributed by atoms with E-state index >= 15 is 0 Å². The number of amides is 3. The minimum Gasteiger partial charge on any atom is -0.377 e. The first-order valence-electron chi connectivity index (χ1n) is 8.43. The van der Waals surface area contributed by atoms with Gasteiger partial charge < -0.3 is 19.9 Å². The van der Waals surface area contributed by atoms with Gasteiger partial charge in [-0.15, -0.1) is 0 Å².